The summed E-state index contributed by atoms with van der Waals surface area (Å²) >= 11 is 0. The number of benzene rings is 7. The van der Waals surface area contributed by atoms with E-state index in [9.17, 15) is 5.41 Å². The lowest BCUT2D eigenvalue weighted by Crippen LogP contribution is -2.23. The summed E-state index contributed by atoms with van der Waals surface area (Å²) in [5.74, 6) is 0.770. The molecular weight excluding hydrogens is 611 g/mol. The summed E-state index contributed by atoms with van der Waals surface area (Å²) in [5.41, 5.74) is 10.6. The number of hydrogen-bond donors (Lipinski definition) is 2. The lowest BCUT2D eigenvalue weighted by molar-refractivity contribution is 1.13. The van der Waals surface area contributed by atoms with Crippen molar-refractivity contribution in [2.75, 3.05) is 7.05 Å². The summed E-state index contributed by atoms with van der Waals surface area (Å²) in [5, 5.41) is 17.3. The Bertz CT molecular complexity index is 2740. The van der Waals surface area contributed by atoms with Crippen LogP contribution in [0.5, 0.6) is 0 Å². The van der Waals surface area contributed by atoms with Crippen molar-refractivity contribution in [3.63, 3.8) is 0 Å². The van der Waals surface area contributed by atoms with Gasteiger partial charge in [-0.3, -0.25) is 9.98 Å². The molecular formula is C45H33N5. The Morgan fingerprint density at radius 2 is 1.08 bits per heavy atom. The van der Waals surface area contributed by atoms with E-state index >= 15 is 0 Å². The molecule has 0 radical (unpaired) electrons. The van der Waals surface area contributed by atoms with E-state index in [-0.39, 0.29) is 5.96 Å². The Hall–Kier alpha value is -6.72. The predicted molar refractivity (Wildman–Crippen MR) is 210 cm³/mol. The van der Waals surface area contributed by atoms with Crippen molar-refractivity contribution in [3.8, 4) is 27.9 Å². The largest absolute Gasteiger partial charge is 0.373 e. The molecule has 0 aliphatic heterocycles. The molecule has 0 bridgehead atoms. The highest BCUT2D eigenvalue weighted by molar-refractivity contribution is 6.26. The van der Waals surface area contributed by atoms with Crippen LogP contribution in [0.2, 0.25) is 0 Å². The summed E-state index contributed by atoms with van der Waals surface area (Å²) in [6.45, 7) is 0. The van der Waals surface area contributed by atoms with Gasteiger partial charge in [-0.25, -0.2) is 0 Å². The molecule has 0 saturated carbocycles. The molecule has 0 spiro atoms. The number of rotatable bonds is 4. The summed E-state index contributed by atoms with van der Waals surface area (Å²) < 4.78 is 4.43. The average Bonchev–Trinajstić information content (AvgIpc) is 3.71. The zero-order valence-electron chi connectivity index (χ0n) is 27.5. The summed E-state index contributed by atoms with van der Waals surface area (Å²) in [6.07, 6.45) is 0. The number of aromatic nitrogens is 2. The molecule has 0 atom stereocenters. The second kappa shape index (κ2) is 12.1. The van der Waals surface area contributed by atoms with Crippen molar-refractivity contribution in [2.45, 2.75) is 0 Å². The van der Waals surface area contributed by atoms with E-state index in [0.717, 1.165) is 77.1 Å². The van der Waals surface area contributed by atoms with Crippen LogP contribution < -0.4 is 5.32 Å². The third-order valence-corrected chi connectivity index (χ3v) is 9.61. The number of aliphatic imine (C=N–C) groups is 1. The van der Waals surface area contributed by atoms with Crippen LogP contribution in [0.3, 0.4) is 0 Å². The van der Waals surface area contributed by atoms with Gasteiger partial charge in [0, 0.05) is 39.7 Å². The summed E-state index contributed by atoms with van der Waals surface area (Å²) in [4.78, 5) is 4.93. The first-order chi connectivity index (χ1) is 24.7. The van der Waals surface area contributed by atoms with Gasteiger partial charge in [0.1, 0.15) is 5.84 Å². The molecule has 5 nitrogen and oxygen atoms in total. The molecule has 0 saturated heterocycles. The monoisotopic (exact) mass is 643 g/mol. The number of fused-ring (bicyclic) bond motifs is 7. The van der Waals surface area contributed by atoms with E-state index in [1.807, 2.05) is 48.0 Å². The first-order valence-electron chi connectivity index (χ1n) is 16.8. The van der Waals surface area contributed by atoms with E-state index in [2.05, 4.69) is 143 Å². The number of hydrogen-bond acceptors (Lipinski definition) is 1. The normalized spacial score (nSPS) is 11.9. The van der Waals surface area contributed by atoms with Crippen LogP contribution in [-0.2, 0) is 0 Å². The van der Waals surface area contributed by atoms with Crippen LogP contribution in [0.15, 0.2) is 175 Å². The van der Waals surface area contributed by atoms with E-state index < -0.39 is 0 Å². The van der Waals surface area contributed by atoms with Crippen molar-refractivity contribution >= 4 is 55.4 Å². The number of amidine groups is 1. The second-order valence-corrected chi connectivity index (χ2v) is 12.4. The van der Waals surface area contributed by atoms with E-state index in [1.54, 1.807) is 0 Å². The zero-order chi connectivity index (χ0) is 33.6. The Morgan fingerprint density at radius 3 is 1.76 bits per heavy atom. The van der Waals surface area contributed by atoms with Gasteiger partial charge < -0.3 is 9.88 Å². The molecule has 2 N–H and O–H groups in total. The van der Waals surface area contributed by atoms with Gasteiger partial charge in [-0.15, -0.1) is 0 Å². The average molecular weight is 644 g/mol. The highest BCUT2D eigenvalue weighted by atomic mass is 15.2. The minimum absolute atomic E-state index is 0.134. The van der Waals surface area contributed by atoms with Crippen molar-refractivity contribution in [2.24, 2.45) is 4.99 Å². The van der Waals surface area contributed by atoms with Gasteiger partial charge in [0.25, 0.3) is 0 Å². The zero-order valence-corrected chi connectivity index (χ0v) is 27.5. The molecule has 5 heteroatoms. The highest BCUT2D eigenvalue weighted by Crippen LogP contribution is 2.43. The lowest BCUT2D eigenvalue weighted by atomic mass is 9.98. The van der Waals surface area contributed by atoms with E-state index in [0.29, 0.717) is 5.84 Å². The van der Waals surface area contributed by atoms with Gasteiger partial charge in [-0.05, 0) is 34.9 Å². The van der Waals surface area contributed by atoms with Crippen LogP contribution in [0.25, 0.3) is 71.6 Å². The molecule has 0 aliphatic rings. The minimum Gasteiger partial charge on any atom is -0.373 e. The fraction of sp³-hybridized carbons (Fsp3) is 0.0222. The molecule has 0 aliphatic carbocycles. The van der Waals surface area contributed by atoms with Gasteiger partial charge in [-0.1, -0.05) is 152 Å². The maximum atomic E-state index is 9.63. The smallest absolute Gasteiger partial charge is 0.229 e. The quantitative estimate of drug-likeness (QED) is 0.146. The van der Waals surface area contributed by atoms with E-state index in [1.165, 1.54) is 0 Å². The molecule has 238 valence electrons. The highest BCUT2D eigenvalue weighted by Gasteiger charge is 2.23. The van der Waals surface area contributed by atoms with Crippen molar-refractivity contribution < 1.29 is 0 Å². The van der Waals surface area contributed by atoms with E-state index in [4.69, 9.17) is 4.99 Å². The molecule has 2 heterocycles. The predicted octanol–water partition coefficient (Wildman–Crippen LogP) is 10.7. The fourth-order valence-corrected chi connectivity index (χ4v) is 7.38. The van der Waals surface area contributed by atoms with Gasteiger partial charge in [0.2, 0.25) is 5.96 Å². The molecule has 9 rings (SSSR count). The third kappa shape index (κ3) is 4.71. The summed E-state index contributed by atoms with van der Waals surface area (Å²) in [7, 11) is 1.85. The van der Waals surface area contributed by atoms with Crippen LogP contribution >= 0.6 is 0 Å². The third-order valence-electron chi connectivity index (χ3n) is 9.61. The van der Waals surface area contributed by atoms with Crippen LogP contribution in [0.1, 0.15) is 5.56 Å². The molecule has 9 aromatic rings. The summed E-state index contributed by atoms with van der Waals surface area (Å²) in [6, 6.07) is 59.3. The minimum atomic E-state index is 0.134. The Kier molecular flexibility index (Phi) is 7.10. The standard InChI is InChI=1S/C45H33N5/c1-47-44(32-19-9-4-10-20-32)48-45(46)50-40-24-14-12-22-36(40)38-28-27-37-35-21-11-13-23-39(35)49(42(37)43(38)50)41-29-33(30-15-5-2-6-16-30)25-26-34(41)31-17-7-3-8-18-31/h2-29H,1H3,(H2,46,47,48). The van der Waals surface area contributed by atoms with Crippen LogP contribution in [-0.4, -0.2) is 28.0 Å². The van der Waals surface area contributed by atoms with Gasteiger partial charge in [0.15, 0.2) is 0 Å². The van der Waals surface area contributed by atoms with Crippen LogP contribution in [0.4, 0.5) is 0 Å². The molecule has 0 fully saturated rings. The number of nitrogens with one attached hydrogen (secondary N) is 2. The van der Waals surface area contributed by atoms with Crippen molar-refractivity contribution in [3.05, 3.63) is 175 Å². The van der Waals surface area contributed by atoms with Crippen molar-refractivity contribution in [1.29, 1.82) is 5.41 Å². The number of para-hydroxylation sites is 2. The molecule has 7 aromatic carbocycles. The molecule has 50 heavy (non-hydrogen) atoms. The molecule has 2 aromatic heterocycles. The Morgan fingerprint density at radius 1 is 0.520 bits per heavy atom. The first kappa shape index (κ1) is 29.4. The second-order valence-electron chi connectivity index (χ2n) is 12.4. The molecule has 0 unspecified atom stereocenters. The van der Waals surface area contributed by atoms with Gasteiger partial charge in [-0.2, -0.15) is 4.99 Å². The first-order valence-corrected chi connectivity index (χ1v) is 16.8. The number of nitrogens with zero attached hydrogens (tertiary/aromatic N) is 3. The van der Waals surface area contributed by atoms with Gasteiger partial charge >= 0.3 is 0 Å². The van der Waals surface area contributed by atoms with Crippen molar-refractivity contribution in [1.82, 2.24) is 14.5 Å². The van der Waals surface area contributed by atoms with Crippen LogP contribution in [0, 0.1) is 5.41 Å². The lowest BCUT2D eigenvalue weighted by Gasteiger charge is -2.17. The molecule has 0 amide bonds. The maximum Gasteiger partial charge on any atom is 0.229 e. The maximum absolute atomic E-state index is 9.63. The Balaban J connectivity index is 1.43. The SMILES string of the molecule is CN/C(=N\C(=N)n1c2ccccc2c2ccc3c4ccccc4n(-c4cc(-c5ccccc5)ccc4-c4ccccc4)c3c21)c1ccccc1. The topological polar surface area (TPSA) is 58.1 Å². The Labute approximate surface area is 289 Å². The van der Waals surface area contributed by atoms with Gasteiger partial charge in [0.05, 0.1) is 27.8 Å². The fourth-order valence-electron chi connectivity index (χ4n) is 7.38.